The third-order valence-corrected chi connectivity index (χ3v) is 4.22. The third-order valence-electron chi connectivity index (χ3n) is 4.22. The largest absolute Gasteiger partial charge is 0.340 e. The number of para-hydroxylation sites is 1. The minimum atomic E-state index is 0.430. The van der Waals surface area contributed by atoms with Crippen molar-refractivity contribution in [2.45, 2.75) is 19.8 Å². The van der Waals surface area contributed by atoms with Gasteiger partial charge in [-0.15, -0.1) is 0 Å². The number of hydrogen-bond acceptors (Lipinski definition) is 4. The van der Waals surface area contributed by atoms with E-state index in [4.69, 9.17) is 0 Å². The Bertz CT molecular complexity index is 1150. The molecule has 132 valence electrons. The monoisotopic (exact) mass is 353 g/mol. The summed E-state index contributed by atoms with van der Waals surface area (Å²) < 4.78 is 1.73. The molecule has 3 aromatic heterocycles. The van der Waals surface area contributed by atoms with Crippen LogP contribution in [0.1, 0.15) is 36.6 Å². The van der Waals surface area contributed by atoms with Crippen molar-refractivity contribution in [3.63, 3.8) is 0 Å². The van der Waals surface area contributed by atoms with Gasteiger partial charge in [0.2, 0.25) is 0 Å². The number of imidazole rings is 1. The van der Waals surface area contributed by atoms with Crippen molar-refractivity contribution < 1.29 is 0 Å². The molecule has 5 heteroatoms. The van der Waals surface area contributed by atoms with Gasteiger partial charge in [0.25, 0.3) is 0 Å². The Morgan fingerprint density at radius 3 is 2.74 bits per heavy atom. The molecule has 0 aliphatic rings. The van der Waals surface area contributed by atoms with Crippen molar-refractivity contribution in [1.29, 1.82) is 0 Å². The lowest BCUT2D eigenvalue weighted by molar-refractivity contribution is 0.869. The molecular formula is C22H19N5. The van der Waals surface area contributed by atoms with Crippen LogP contribution in [0.15, 0.2) is 67.1 Å². The second-order valence-electron chi connectivity index (χ2n) is 6.48. The van der Waals surface area contributed by atoms with Gasteiger partial charge in [-0.25, -0.2) is 14.5 Å². The van der Waals surface area contributed by atoms with Crippen molar-refractivity contribution in [1.82, 2.24) is 19.6 Å². The quantitative estimate of drug-likeness (QED) is 0.555. The highest BCUT2D eigenvalue weighted by atomic mass is 15.2. The van der Waals surface area contributed by atoms with Gasteiger partial charge in [-0.2, -0.15) is 5.10 Å². The predicted octanol–water partition coefficient (Wildman–Crippen LogP) is 4.39. The van der Waals surface area contributed by atoms with Crippen LogP contribution in [0.2, 0.25) is 0 Å². The minimum absolute atomic E-state index is 0.430. The first-order valence-corrected chi connectivity index (χ1v) is 8.83. The van der Waals surface area contributed by atoms with E-state index in [1.165, 1.54) is 5.56 Å². The van der Waals surface area contributed by atoms with Crippen LogP contribution < -0.4 is 5.32 Å². The SMILES string of the molecule is CC(C)c1ccccc1Nc1cc(C#Cc2cnc3cccnn23)ccn1. The Morgan fingerprint density at radius 1 is 0.963 bits per heavy atom. The van der Waals surface area contributed by atoms with Crippen LogP contribution in [0.5, 0.6) is 0 Å². The zero-order valence-corrected chi connectivity index (χ0v) is 15.2. The summed E-state index contributed by atoms with van der Waals surface area (Å²) >= 11 is 0. The van der Waals surface area contributed by atoms with Gasteiger partial charge in [0.1, 0.15) is 11.5 Å². The lowest BCUT2D eigenvalue weighted by atomic mass is 10.0. The van der Waals surface area contributed by atoms with Gasteiger partial charge < -0.3 is 5.32 Å². The highest BCUT2D eigenvalue weighted by Crippen LogP contribution is 2.26. The smallest absolute Gasteiger partial charge is 0.154 e. The summed E-state index contributed by atoms with van der Waals surface area (Å²) in [6, 6.07) is 15.9. The first kappa shape index (κ1) is 16.8. The molecule has 1 aromatic carbocycles. The number of rotatable bonds is 3. The average Bonchev–Trinajstić information content (AvgIpc) is 3.10. The standard InChI is InChI=1S/C22H19N5/c1-16(2)19-6-3-4-7-20(19)26-21-14-17(11-13-23-21)9-10-18-15-24-22-8-5-12-25-27(18)22/h3-8,11-16H,1-2H3,(H,23,26). The molecule has 0 bridgehead atoms. The van der Waals surface area contributed by atoms with Crippen LogP contribution in [0.25, 0.3) is 5.65 Å². The molecule has 0 atom stereocenters. The molecule has 0 amide bonds. The Kier molecular flexibility index (Phi) is 4.54. The Labute approximate surface area is 158 Å². The molecule has 0 saturated heterocycles. The zero-order chi connectivity index (χ0) is 18.6. The highest BCUT2D eigenvalue weighted by Gasteiger charge is 2.06. The van der Waals surface area contributed by atoms with Crippen LogP contribution in [0.4, 0.5) is 11.5 Å². The third kappa shape index (κ3) is 3.65. The van der Waals surface area contributed by atoms with Gasteiger partial charge in [0, 0.05) is 23.6 Å². The van der Waals surface area contributed by atoms with E-state index in [0.717, 1.165) is 28.4 Å². The number of anilines is 2. The van der Waals surface area contributed by atoms with Gasteiger partial charge in [-0.1, -0.05) is 38.0 Å². The first-order valence-electron chi connectivity index (χ1n) is 8.83. The summed E-state index contributed by atoms with van der Waals surface area (Å²) in [7, 11) is 0. The van der Waals surface area contributed by atoms with E-state index >= 15 is 0 Å². The summed E-state index contributed by atoms with van der Waals surface area (Å²) in [6.45, 7) is 4.36. The molecule has 4 rings (SSSR count). The number of hydrogen-bond donors (Lipinski definition) is 1. The topological polar surface area (TPSA) is 55.1 Å². The van der Waals surface area contributed by atoms with Crippen molar-refractivity contribution >= 4 is 17.2 Å². The number of pyridine rings is 1. The Morgan fingerprint density at radius 2 is 1.85 bits per heavy atom. The van der Waals surface area contributed by atoms with Crippen LogP contribution in [0.3, 0.4) is 0 Å². The molecule has 5 nitrogen and oxygen atoms in total. The first-order chi connectivity index (χ1) is 13.2. The van der Waals surface area contributed by atoms with E-state index in [2.05, 4.69) is 64.3 Å². The van der Waals surface area contributed by atoms with Crippen molar-refractivity contribution in [3.05, 3.63) is 83.9 Å². The predicted molar refractivity (Wildman–Crippen MR) is 107 cm³/mol. The Balaban J connectivity index is 1.61. The fourth-order valence-electron chi connectivity index (χ4n) is 2.88. The van der Waals surface area contributed by atoms with E-state index < -0.39 is 0 Å². The van der Waals surface area contributed by atoms with Crippen molar-refractivity contribution in [2.24, 2.45) is 0 Å². The van der Waals surface area contributed by atoms with Gasteiger partial charge in [0.15, 0.2) is 5.65 Å². The molecule has 27 heavy (non-hydrogen) atoms. The molecule has 4 aromatic rings. The van der Waals surface area contributed by atoms with Gasteiger partial charge in [-0.3, -0.25) is 0 Å². The molecule has 0 radical (unpaired) electrons. The number of nitrogens with one attached hydrogen (secondary N) is 1. The van der Waals surface area contributed by atoms with Crippen molar-refractivity contribution in [3.8, 4) is 11.8 Å². The molecule has 0 aliphatic heterocycles. The number of aromatic nitrogens is 4. The van der Waals surface area contributed by atoms with Crippen LogP contribution in [-0.2, 0) is 0 Å². The molecule has 0 saturated carbocycles. The summed E-state index contributed by atoms with van der Waals surface area (Å²) in [4.78, 5) is 8.73. The maximum absolute atomic E-state index is 4.42. The average molecular weight is 353 g/mol. The number of benzene rings is 1. The lowest BCUT2D eigenvalue weighted by Crippen LogP contribution is -1.99. The van der Waals surface area contributed by atoms with E-state index in [-0.39, 0.29) is 0 Å². The molecular weight excluding hydrogens is 334 g/mol. The maximum Gasteiger partial charge on any atom is 0.154 e. The normalized spacial score (nSPS) is 10.6. The summed E-state index contributed by atoms with van der Waals surface area (Å²) in [5.41, 5.74) is 4.73. The van der Waals surface area contributed by atoms with Gasteiger partial charge in [0.05, 0.1) is 6.20 Å². The van der Waals surface area contributed by atoms with Gasteiger partial charge in [-0.05, 0) is 47.7 Å². The highest BCUT2D eigenvalue weighted by molar-refractivity contribution is 5.62. The Hall–Kier alpha value is -3.65. The summed E-state index contributed by atoms with van der Waals surface area (Å²) in [5, 5.41) is 7.69. The molecule has 0 unspecified atom stereocenters. The summed E-state index contributed by atoms with van der Waals surface area (Å²) in [6.07, 6.45) is 5.21. The van der Waals surface area contributed by atoms with Crippen molar-refractivity contribution in [2.75, 3.05) is 5.32 Å². The number of nitrogens with zero attached hydrogens (tertiary/aromatic N) is 4. The number of fused-ring (bicyclic) bond motifs is 1. The minimum Gasteiger partial charge on any atom is -0.340 e. The molecule has 0 spiro atoms. The molecule has 0 aliphatic carbocycles. The fourth-order valence-corrected chi connectivity index (χ4v) is 2.88. The zero-order valence-electron chi connectivity index (χ0n) is 15.2. The van der Waals surface area contributed by atoms with E-state index in [1.54, 1.807) is 23.1 Å². The maximum atomic E-state index is 4.42. The molecule has 0 fully saturated rings. The summed E-state index contributed by atoms with van der Waals surface area (Å²) in [5.74, 6) is 7.51. The lowest BCUT2D eigenvalue weighted by Gasteiger charge is -2.14. The van der Waals surface area contributed by atoms with Crippen LogP contribution >= 0.6 is 0 Å². The van der Waals surface area contributed by atoms with E-state index in [9.17, 15) is 0 Å². The van der Waals surface area contributed by atoms with E-state index in [0.29, 0.717) is 5.92 Å². The molecule has 1 N–H and O–H groups in total. The fraction of sp³-hybridized carbons (Fsp3) is 0.136. The molecule has 3 heterocycles. The van der Waals surface area contributed by atoms with Crippen LogP contribution in [0, 0.1) is 11.8 Å². The second-order valence-corrected chi connectivity index (χ2v) is 6.48. The second kappa shape index (κ2) is 7.30. The van der Waals surface area contributed by atoms with Crippen LogP contribution in [-0.4, -0.2) is 19.6 Å². The van der Waals surface area contributed by atoms with E-state index in [1.807, 2.05) is 30.3 Å². The van der Waals surface area contributed by atoms with Gasteiger partial charge >= 0.3 is 0 Å².